The third-order valence-electron chi connectivity index (χ3n) is 3.37. The van der Waals surface area contributed by atoms with Gasteiger partial charge in [-0.25, -0.2) is 0 Å². The Morgan fingerprint density at radius 3 is 2.32 bits per heavy atom. The SMILES string of the molecule is CCNC(COC)COc1ccc(C(C)CC)cc1. The van der Waals surface area contributed by atoms with Gasteiger partial charge < -0.3 is 14.8 Å². The molecule has 0 bridgehead atoms. The van der Waals surface area contributed by atoms with Crippen LogP contribution in [-0.2, 0) is 4.74 Å². The molecule has 0 saturated heterocycles. The monoisotopic (exact) mass is 265 g/mol. The summed E-state index contributed by atoms with van der Waals surface area (Å²) >= 11 is 0. The van der Waals surface area contributed by atoms with Gasteiger partial charge in [0.2, 0.25) is 0 Å². The summed E-state index contributed by atoms with van der Waals surface area (Å²) in [6.07, 6.45) is 1.16. The van der Waals surface area contributed by atoms with Crippen LogP contribution in [0.2, 0.25) is 0 Å². The third-order valence-corrected chi connectivity index (χ3v) is 3.37. The number of ether oxygens (including phenoxy) is 2. The lowest BCUT2D eigenvalue weighted by Crippen LogP contribution is -2.38. The van der Waals surface area contributed by atoms with Crippen molar-refractivity contribution in [3.05, 3.63) is 29.8 Å². The Hall–Kier alpha value is -1.06. The van der Waals surface area contributed by atoms with Gasteiger partial charge in [0.05, 0.1) is 12.6 Å². The molecular formula is C16H27NO2. The molecule has 0 aliphatic heterocycles. The maximum atomic E-state index is 5.80. The normalized spacial score (nSPS) is 14.1. The third kappa shape index (κ3) is 5.62. The Morgan fingerprint density at radius 2 is 1.79 bits per heavy atom. The van der Waals surface area contributed by atoms with E-state index in [1.807, 2.05) is 0 Å². The molecule has 0 fully saturated rings. The van der Waals surface area contributed by atoms with Crippen molar-refractivity contribution in [3.8, 4) is 5.75 Å². The van der Waals surface area contributed by atoms with Crippen LogP contribution in [-0.4, -0.2) is 32.9 Å². The molecule has 0 saturated carbocycles. The van der Waals surface area contributed by atoms with Gasteiger partial charge in [-0.05, 0) is 36.6 Å². The highest BCUT2D eigenvalue weighted by atomic mass is 16.5. The minimum absolute atomic E-state index is 0.240. The molecule has 19 heavy (non-hydrogen) atoms. The maximum absolute atomic E-state index is 5.80. The zero-order valence-electron chi connectivity index (χ0n) is 12.6. The second-order valence-corrected chi connectivity index (χ2v) is 4.90. The lowest BCUT2D eigenvalue weighted by Gasteiger charge is -2.18. The van der Waals surface area contributed by atoms with Crippen molar-refractivity contribution >= 4 is 0 Å². The molecule has 2 atom stereocenters. The first-order valence-electron chi connectivity index (χ1n) is 7.16. The van der Waals surface area contributed by atoms with Crippen LogP contribution < -0.4 is 10.1 Å². The van der Waals surface area contributed by atoms with Crippen molar-refractivity contribution in [2.75, 3.05) is 26.9 Å². The van der Waals surface area contributed by atoms with Crippen LogP contribution >= 0.6 is 0 Å². The fourth-order valence-electron chi connectivity index (χ4n) is 1.98. The molecule has 0 heterocycles. The number of likely N-dealkylation sites (N-methyl/N-ethyl adjacent to an activating group) is 1. The molecule has 0 aromatic heterocycles. The number of nitrogens with one attached hydrogen (secondary N) is 1. The van der Waals surface area contributed by atoms with Gasteiger partial charge in [0.25, 0.3) is 0 Å². The fourth-order valence-corrected chi connectivity index (χ4v) is 1.98. The van der Waals surface area contributed by atoms with Crippen molar-refractivity contribution in [1.29, 1.82) is 0 Å². The van der Waals surface area contributed by atoms with Crippen molar-refractivity contribution in [3.63, 3.8) is 0 Å². The number of benzene rings is 1. The van der Waals surface area contributed by atoms with E-state index in [0.29, 0.717) is 19.1 Å². The van der Waals surface area contributed by atoms with Crippen LogP contribution in [0.15, 0.2) is 24.3 Å². The van der Waals surface area contributed by atoms with Gasteiger partial charge in [-0.2, -0.15) is 0 Å². The summed E-state index contributed by atoms with van der Waals surface area (Å²) < 4.78 is 11.0. The molecule has 1 rings (SSSR count). The van der Waals surface area contributed by atoms with E-state index in [2.05, 4.69) is 50.4 Å². The average molecular weight is 265 g/mol. The molecule has 1 aromatic carbocycles. The smallest absolute Gasteiger partial charge is 0.119 e. The van der Waals surface area contributed by atoms with Crippen molar-refractivity contribution < 1.29 is 9.47 Å². The van der Waals surface area contributed by atoms with Gasteiger partial charge in [-0.3, -0.25) is 0 Å². The second-order valence-electron chi connectivity index (χ2n) is 4.90. The van der Waals surface area contributed by atoms with Crippen LogP contribution in [0.3, 0.4) is 0 Å². The van der Waals surface area contributed by atoms with E-state index < -0.39 is 0 Å². The zero-order valence-corrected chi connectivity index (χ0v) is 12.6. The number of rotatable bonds is 9. The summed E-state index contributed by atoms with van der Waals surface area (Å²) in [5.74, 6) is 1.53. The molecule has 3 heteroatoms. The second kappa shape index (κ2) is 8.94. The molecule has 1 aromatic rings. The summed E-state index contributed by atoms with van der Waals surface area (Å²) in [6.45, 7) is 8.76. The Labute approximate surface area is 117 Å². The molecular weight excluding hydrogens is 238 g/mol. The van der Waals surface area contributed by atoms with Crippen LogP contribution in [0.5, 0.6) is 5.75 Å². The van der Waals surface area contributed by atoms with Gasteiger partial charge in [0, 0.05) is 7.11 Å². The predicted octanol–water partition coefficient (Wildman–Crippen LogP) is 3.20. The molecule has 0 aliphatic rings. The summed E-state index contributed by atoms with van der Waals surface area (Å²) in [6, 6.07) is 8.66. The lowest BCUT2D eigenvalue weighted by atomic mass is 9.99. The van der Waals surface area contributed by atoms with Crippen molar-refractivity contribution in [2.45, 2.75) is 39.2 Å². The fraction of sp³-hybridized carbons (Fsp3) is 0.625. The number of hydrogen-bond acceptors (Lipinski definition) is 3. The van der Waals surface area contributed by atoms with E-state index in [1.54, 1.807) is 7.11 Å². The van der Waals surface area contributed by atoms with Gasteiger partial charge in [0.1, 0.15) is 12.4 Å². The minimum Gasteiger partial charge on any atom is -0.492 e. The Morgan fingerprint density at radius 1 is 1.11 bits per heavy atom. The lowest BCUT2D eigenvalue weighted by molar-refractivity contribution is 0.137. The minimum atomic E-state index is 0.240. The van der Waals surface area contributed by atoms with Crippen molar-refractivity contribution in [2.24, 2.45) is 0 Å². The molecule has 3 nitrogen and oxygen atoms in total. The Kier molecular flexibility index (Phi) is 7.53. The molecule has 0 spiro atoms. The molecule has 0 aliphatic carbocycles. The first kappa shape index (κ1) is 16.0. The standard InChI is InChI=1S/C16H27NO2/c1-5-13(3)14-7-9-16(10-8-14)19-12-15(11-18-4)17-6-2/h7-10,13,15,17H,5-6,11-12H2,1-4H3. The van der Waals surface area contributed by atoms with E-state index >= 15 is 0 Å². The maximum Gasteiger partial charge on any atom is 0.119 e. The summed E-state index contributed by atoms with van der Waals surface area (Å²) in [4.78, 5) is 0. The first-order chi connectivity index (χ1) is 9.21. The molecule has 0 amide bonds. The summed E-state index contributed by atoms with van der Waals surface area (Å²) in [5, 5.41) is 3.34. The highest BCUT2D eigenvalue weighted by Crippen LogP contribution is 2.21. The molecule has 108 valence electrons. The average Bonchev–Trinajstić information content (AvgIpc) is 2.45. The van der Waals surface area contributed by atoms with E-state index in [-0.39, 0.29) is 6.04 Å². The number of hydrogen-bond donors (Lipinski definition) is 1. The topological polar surface area (TPSA) is 30.5 Å². The van der Waals surface area contributed by atoms with E-state index in [0.717, 1.165) is 18.7 Å². The van der Waals surface area contributed by atoms with E-state index in [1.165, 1.54) is 5.56 Å². The highest BCUT2D eigenvalue weighted by Gasteiger charge is 2.08. The van der Waals surface area contributed by atoms with Gasteiger partial charge in [-0.1, -0.05) is 32.9 Å². The van der Waals surface area contributed by atoms with Crippen LogP contribution in [0.1, 0.15) is 38.7 Å². The predicted molar refractivity (Wildman–Crippen MR) is 80.0 cm³/mol. The molecule has 1 N–H and O–H groups in total. The van der Waals surface area contributed by atoms with E-state index in [9.17, 15) is 0 Å². The van der Waals surface area contributed by atoms with Gasteiger partial charge in [0.15, 0.2) is 0 Å². The van der Waals surface area contributed by atoms with Crippen LogP contribution in [0.25, 0.3) is 0 Å². The highest BCUT2D eigenvalue weighted by molar-refractivity contribution is 5.29. The zero-order chi connectivity index (χ0) is 14.1. The van der Waals surface area contributed by atoms with Crippen LogP contribution in [0, 0.1) is 0 Å². The summed E-state index contributed by atoms with van der Waals surface area (Å²) in [7, 11) is 1.71. The van der Waals surface area contributed by atoms with Crippen LogP contribution in [0.4, 0.5) is 0 Å². The van der Waals surface area contributed by atoms with Gasteiger partial charge in [-0.15, -0.1) is 0 Å². The summed E-state index contributed by atoms with van der Waals surface area (Å²) in [5.41, 5.74) is 1.37. The first-order valence-corrected chi connectivity index (χ1v) is 7.16. The van der Waals surface area contributed by atoms with Gasteiger partial charge >= 0.3 is 0 Å². The number of methoxy groups -OCH3 is 1. The molecule has 2 unspecified atom stereocenters. The quantitative estimate of drug-likeness (QED) is 0.743. The molecule has 0 radical (unpaired) electrons. The van der Waals surface area contributed by atoms with E-state index in [4.69, 9.17) is 9.47 Å². The Balaban J connectivity index is 2.48. The largest absolute Gasteiger partial charge is 0.492 e. The Bertz CT molecular complexity index is 331. The van der Waals surface area contributed by atoms with Crippen molar-refractivity contribution in [1.82, 2.24) is 5.32 Å².